The Bertz CT molecular complexity index is 829. The van der Waals surface area contributed by atoms with E-state index in [-0.39, 0.29) is 5.91 Å². The summed E-state index contributed by atoms with van der Waals surface area (Å²) >= 11 is 0. The highest BCUT2D eigenvalue weighted by Gasteiger charge is 2.11. The second-order valence-electron chi connectivity index (χ2n) is 5.31. The molecule has 1 aromatic heterocycles. The number of rotatable bonds is 7. The van der Waals surface area contributed by atoms with Crippen molar-refractivity contribution >= 4 is 16.8 Å². The minimum atomic E-state index is -0.143. The maximum atomic E-state index is 12.4. The van der Waals surface area contributed by atoms with E-state index in [9.17, 15) is 4.79 Å². The van der Waals surface area contributed by atoms with Gasteiger partial charge in [0, 0.05) is 19.0 Å². The second kappa shape index (κ2) is 7.61. The molecule has 6 heteroatoms. The first kappa shape index (κ1) is 16.0. The molecule has 2 N–H and O–H groups in total. The number of methoxy groups -OCH3 is 1. The number of nitrogens with one attached hydrogen (secondary N) is 2. The first-order chi connectivity index (χ1) is 11.8. The number of benzene rings is 2. The van der Waals surface area contributed by atoms with Gasteiger partial charge in [-0.05, 0) is 23.8 Å². The zero-order chi connectivity index (χ0) is 16.8. The predicted molar refractivity (Wildman–Crippen MR) is 91.1 cm³/mol. The lowest BCUT2D eigenvalue weighted by Gasteiger charge is -2.09. The normalized spacial score (nSPS) is 10.7. The number of hydrogen-bond donors (Lipinski definition) is 2. The maximum absolute atomic E-state index is 12.4. The molecule has 3 aromatic rings. The van der Waals surface area contributed by atoms with Gasteiger partial charge in [0.2, 0.25) is 0 Å². The number of aromatic nitrogens is 2. The van der Waals surface area contributed by atoms with Crippen LogP contribution in [-0.2, 0) is 11.3 Å². The van der Waals surface area contributed by atoms with E-state index in [0.29, 0.717) is 25.3 Å². The summed E-state index contributed by atoms with van der Waals surface area (Å²) in [5, 5.41) is 10.7. The molecule has 0 fully saturated rings. The van der Waals surface area contributed by atoms with E-state index in [1.54, 1.807) is 19.4 Å². The molecule has 0 saturated heterocycles. The molecule has 0 radical (unpaired) electrons. The number of nitrogens with zero attached hydrogens (tertiary/aromatic N) is 1. The van der Waals surface area contributed by atoms with E-state index in [4.69, 9.17) is 9.47 Å². The lowest BCUT2D eigenvalue weighted by Crippen LogP contribution is -2.23. The summed E-state index contributed by atoms with van der Waals surface area (Å²) in [6, 6.07) is 13.2. The lowest BCUT2D eigenvalue weighted by atomic mass is 10.1. The number of hydrogen-bond acceptors (Lipinski definition) is 4. The predicted octanol–water partition coefficient (Wildman–Crippen LogP) is 2.52. The molecule has 0 spiro atoms. The quantitative estimate of drug-likeness (QED) is 0.655. The molecule has 3 rings (SSSR count). The number of H-pyrrole nitrogens is 1. The van der Waals surface area contributed by atoms with E-state index < -0.39 is 0 Å². The molecule has 124 valence electrons. The van der Waals surface area contributed by atoms with Gasteiger partial charge in [-0.3, -0.25) is 9.89 Å². The summed E-state index contributed by atoms with van der Waals surface area (Å²) in [5.74, 6) is 0.616. The molecule has 0 unspecified atom stereocenters. The van der Waals surface area contributed by atoms with E-state index in [1.165, 1.54) is 0 Å². The number of carbonyl (C=O) groups excluding carboxylic acids is 1. The minimum absolute atomic E-state index is 0.143. The number of aromatic amines is 1. The summed E-state index contributed by atoms with van der Waals surface area (Å²) in [7, 11) is 1.63. The number of ether oxygens (including phenoxy) is 2. The topological polar surface area (TPSA) is 76.2 Å². The standard InChI is InChI=1S/C18H19N3O3/c1-23-8-9-24-15-6-2-4-13(10-15)11-19-18(22)16-7-3-5-14-12-20-21-17(14)16/h2-7,10,12H,8-9,11H2,1H3,(H,19,22)(H,20,21). The van der Waals surface area contributed by atoms with Crippen LogP contribution in [0.15, 0.2) is 48.7 Å². The monoisotopic (exact) mass is 325 g/mol. The Morgan fingerprint density at radius 1 is 1.21 bits per heavy atom. The molecule has 2 aromatic carbocycles. The van der Waals surface area contributed by atoms with Crippen LogP contribution in [0.4, 0.5) is 0 Å². The highest BCUT2D eigenvalue weighted by Crippen LogP contribution is 2.16. The van der Waals surface area contributed by atoms with Crippen LogP contribution in [0.5, 0.6) is 5.75 Å². The van der Waals surface area contributed by atoms with Crippen molar-refractivity contribution in [2.75, 3.05) is 20.3 Å². The summed E-state index contributed by atoms with van der Waals surface area (Å²) in [4.78, 5) is 12.4. The van der Waals surface area contributed by atoms with Crippen LogP contribution >= 0.6 is 0 Å². The van der Waals surface area contributed by atoms with Crippen LogP contribution in [0.3, 0.4) is 0 Å². The van der Waals surface area contributed by atoms with E-state index in [2.05, 4.69) is 15.5 Å². The minimum Gasteiger partial charge on any atom is -0.491 e. The lowest BCUT2D eigenvalue weighted by molar-refractivity contribution is 0.0952. The van der Waals surface area contributed by atoms with Gasteiger partial charge in [-0.15, -0.1) is 0 Å². The third-order valence-electron chi connectivity index (χ3n) is 3.63. The average molecular weight is 325 g/mol. The Morgan fingerprint density at radius 3 is 2.96 bits per heavy atom. The molecule has 0 aliphatic rings. The van der Waals surface area contributed by atoms with Gasteiger partial charge in [0.05, 0.1) is 23.9 Å². The van der Waals surface area contributed by atoms with Gasteiger partial charge in [-0.2, -0.15) is 5.10 Å². The van der Waals surface area contributed by atoms with Crippen molar-refractivity contribution in [1.82, 2.24) is 15.5 Å². The fraction of sp³-hybridized carbons (Fsp3) is 0.222. The first-order valence-corrected chi connectivity index (χ1v) is 7.69. The summed E-state index contributed by atoms with van der Waals surface area (Å²) < 4.78 is 10.5. The molecule has 0 aliphatic heterocycles. The van der Waals surface area contributed by atoms with Crippen molar-refractivity contribution in [1.29, 1.82) is 0 Å². The molecular formula is C18H19N3O3. The third-order valence-corrected chi connectivity index (χ3v) is 3.63. The van der Waals surface area contributed by atoms with Crippen molar-refractivity contribution in [2.24, 2.45) is 0 Å². The molecule has 1 amide bonds. The fourth-order valence-corrected chi connectivity index (χ4v) is 2.42. The largest absolute Gasteiger partial charge is 0.491 e. The van der Waals surface area contributed by atoms with Crippen molar-refractivity contribution in [3.8, 4) is 5.75 Å². The molecule has 1 heterocycles. The van der Waals surface area contributed by atoms with Gasteiger partial charge < -0.3 is 14.8 Å². The average Bonchev–Trinajstić information content (AvgIpc) is 3.09. The molecule has 0 bridgehead atoms. The smallest absolute Gasteiger partial charge is 0.253 e. The number of carbonyl (C=O) groups is 1. The van der Waals surface area contributed by atoms with Gasteiger partial charge >= 0.3 is 0 Å². The zero-order valence-electron chi connectivity index (χ0n) is 13.4. The van der Waals surface area contributed by atoms with Gasteiger partial charge in [0.1, 0.15) is 12.4 Å². The summed E-state index contributed by atoms with van der Waals surface area (Å²) in [6.45, 7) is 1.45. The van der Waals surface area contributed by atoms with Crippen LogP contribution in [0.2, 0.25) is 0 Å². The zero-order valence-corrected chi connectivity index (χ0v) is 13.4. The van der Waals surface area contributed by atoms with E-state index in [0.717, 1.165) is 22.2 Å². The highest BCUT2D eigenvalue weighted by atomic mass is 16.5. The SMILES string of the molecule is COCCOc1cccc(CNC(=O)c2cccc3cn[nH]c23)c1. The van der Waals surface area contributed by atoms with E-state index >= 15 is 0 Å². The molecular weight excluding hydrogens is 306 g/mol. The van der Waals surface area contributed by atoms with E-state index in [1.807, 2.05) is 36.4 Å². The Hall–Kier alpha value is -2.86. The molecule has 0 saturated carbocycles. The Labute approximate surface area is 139 Å². The molecule has 6 nitrogen and oxygen atoms in total. The molecule has 24 heavy (non-hydrogen) atoms. The van der Waals surface area contributed by atoms with Crippen LogP contribution < -0.4 is 10.1 Å². The maximum Gasteiger partial charge on any atom is 0.253 e. The van der Waals surface area contributed by atoms with Crippen molar-refractivity contribution in [3.63, 3.8) is 0 Å². The number of fused-ring (bicyclic) bond motifs is 1. The van der Waals surface area contributed by atoms with Gasteiger partial charge in [0.15, 0.2) is 0 Å². The van der Waals surface area contributed by atoms with Crippen LogP contribution in [-0.4, -0.2) is 36.4 Å². The molecule has 0 atom stereocenters. The van der Waals surface area contributed by atoms with Crippen LogP contribution in [0.1, 0.15) is 15.9 Å². The van der Waals surface area contributed by atoms with Crippen LogP contribution in [0.25, 0.3) is 10.9 Å². The van der Waals surface area contributed by atoms with Crippen molar-refractivity contribution in [2.45, 2.75) is 6.54 Å². The van der Waals surface area contributed by atoms with Crippen molar-refractivity contribution in [3.05, 3.63) is 59.8 Å². The summed E-state index contributed by atoms with van der Waals surface area (Å²) in [6.07, 6.45) is 1.70. The Kier molecular flexibility index (Phi) is 5.08. The Morgan fingerprint density at radius 2 is 2.08 bits per heavy atom. The third kappa shape index (κ3) is 3.72. The highest BCUT2D eigenvalue weighted by molar-refractivity contribution is 6.05. The van der Waals surface area contributed by atoms with Gasteiger partial charge in [-0.25, -0.2) is 0 Å². The number of amides is 1. The van der Waals surface area contributed by atoms with Crippen LogP contribution in [0, 0.1) is 0 Å². The summed E-state index contributed by atoms with van der Waals surface area (Å²) in [5.41, 5.74) is 2.29. The fourth-order valence-electron chi connectivity index (χ4n) is 2.42. The van der Waals surface area contributed by atoms with Crippen molar-refractivity contribution < 1.29 is 14.3 Å². The molecule has 0 aliphatic carbocycles. The second-order valence-corrected chi connectivity index (χ2v) is 5.31. The first-order valence-electron chi connectivity index (χ1n) is 7.69. The number of para-hydroxylation sites is 1. The van der Waals surface area contributed by atoms with Gasteiger partial charge in [-0.1, -0.05) is 24.3 Å². The Balaban J connectivity index is 1.64. The van der Waals surface area contributed by atoms with Gasteiger partial charge in [0.25, 0.3) is 5.91 Å².